The molecule has 1 aliphatic carbocycles. The van der Waals surface area contributed by atoms with E-state index in [4.69, 9.17) is 4.74 Å². The van der Waals surface area contributed by atoms with E-state index in [1.165, 1.54) is 44.1 Å². The largest absolute Gasteiger partial charge is 0.508 e. The Balaban J connectivity index is 1.94. The van der Waals surface area contributed by atoms with E-state index < -0.39 is 0 Å². The maximum absolute atomic E-state index is 10.7. The summed E-state index contributed by atoms with van der Waals surface area (Å²) in [5, 5.41) is 10.7. The van der Waals surface area contributed by atoms with Crippen LogP contribution in [0.1, 0.15) is 83.3 Å². The number of aromatic hydroxyl groups is 1. The van der Waals surface area contributed by atoms with Gasteiger partial charge in [0.05, 0.1) is 0 Å². The predicted octanol–water partition coefficient (Wildman–Crippen LogP) is 5.82. The van der Waals surface area contributed by atoms with Gasteiger partial charge in [-0.3, -0.25) is 0 Å². The van der Waals surface area contributed by atoms with E-state index in [1.807, 2.05) is 6.07 Å². The molecule has 3 rings (SSSR count). The number of unbranched alkanes of at least 4 members (excludes halogenated alkanes) is 2. The minimum Gasteiger partial charge on any atom is -0.508 e. The molecule has 3 atom stereocenters. The Labute approximate surface area is 141 Å². The first-order valence-corrected chi connectivity index (χ1v) is 9.47. The van der Waals surface area contributed by atoms with Crippen molar-refractivity contribution in [3.63, 3.8) is 0 Å². The zero-order chi connectivity index (χ0) is 16.6. The second-order valence-corrected chi connectivity index (χ2v) is 8.32. The number of phenols is 1. The zero-order valence-electron chi connectivity index (χ0n) is 15.2. The summed E-state index contributed by atoms with van der Waals surface area (Å²) in [6.45, 7) is 9.02. The molecule has 2 nitrogen and oxygen atoms in total. The number of rotatable bonds is 4. The van der Waals surface area contributed by atoms with Crippen LogP contribution in [0.5, 0.6) is 11.5 Å². The first-order chi connectivity index (χ1) is 10.9. The van der Waals surface area contributed by atoms with Crippen LogP contribution in [0.3, 0.4) is 0 Å². The summed E-state index contributed by atoms with van der Waals surface area (Å²) in [7, 11) is 0. The molecule has 128 valence electrons. The molecule has 0 bridgehead atoms. The summed E-state index contributed by atoms with van der Waals surface area (Å²) < 4.78 is 6.39. The summed E-state index contributed by atoms with van der Waals surface area (Å²) in [5.41, 5.74) is 2.17. The molecule has 1 heterocycles. The van der Waals surface area contributed by atoms with Crippen LogP contribution in [0.15, 0.2) is 12.1 Å². The van der Waals surface area contributed by atoms with Crippen molar-refractivity contribution in [2.24, 2.45) is 11.8 Å². The summed E-state index contributed by atoms with van der Waals surface area (Å²) >= 11 is 0. The highest BCUT2D eigenvalue weighted by Gasteiger charge is 2.47. The van der Waals surface area contributed by atoms with E-state index in [1.54, 1.807) is 0 Å². The average Bonchev–Trinajstić information content (AvgIpc) is 2.46. The fraction of sp³-hybridized carbons (Fsp3) is 0.714. The minimum absolute atomic E-state index is 0.133. The summed E-state index contributed by atoms with van der Waals surface area (Å²) in [6.07, 6.45) is 8.33. The van der Waals surface area contributed by atoms with E-state index >= 15 is 0 Å². The monoisotopic (exact) mass is 316 g/mol. The average molecular weight is 316 g/mol. The normalized spacial score (nSPS) is 28.6. The Hall–Kier alpha value is -1.18. The van der Waals surface area contributed by atoms with Gasteiger partial charge in [0.15, 0.2) is 0 Å². The fourth-order valence-corrected chi connectivity index (χ4v) is 4.74. The second kappa shape index (κ2) is 6.37. The van der Waals surface area contributed by atoms with Crippen LogP contribution >= 0.6 is 0 Å². The Bertz CT molecular complexity index is 561. The van der Waals surface area contributed by atoms with Crippen molar-refractivity contribution >= 4 is 0 Å². The molecule has 0 radical (unpaired) electrons. The molecule has 2 heteroatoms. The lowest BCUT2D eigenvalue weighted by atomic mass is 9.64. The quantitative estimate of drug-likeness (QED) is 0.710. The maximum Gasteiger partial charge on any atom is 0.127 e. The van der Waals surface area contributed by atoms with Gasteiger partial charge in [-0.15, -0.1) is 0 Å². The molecule has 1 N–H and O–H groups in total. The minimum atomic E-state index is -0.133. The Morgan fingerprint density at radius 1 is 1.22 bits per heavy atom. The van der Waals surface area contributed by atoms with E-state index in [9.17, 15) is 5.11 Å². The van der Waals surface area contributed by atoms with Gasteiger partial charge >= 0.3 is 0 Å². The fourth-order valence-electron chi connectivity index (χ4n) is 4.74. The van der Waals surface area contributed by atoms with Crippen molar-refractivity contribution in [1.29, 1.82) is 0 Å². The molecule has 0 saturated heterocycles. The van der Waals surface area contributed by atoms with E-state index in [0.29, 0.717) is 17.6 Å². The number of benzene rings is 1. The van der Waals surface area contributed by atoms with E-state index in [2.05, 4.69) is 33.8 Å². The molecule has 1 aliphatic heterocycles. The molecule has 1 aromatic carbocycles. The Morgan fingerprint density at radius 3 is 2.74 bits per heavy atom. The molecule has 1 aromatic rings. The lowest BCUT2D eigenvalue weighted by molar-refractivity contribution is -0.0145. The number of hydrogen-bond acceptors (Lipinski definition) is 2. The van der Waals surface area contributed by atoms with Crippen LogP contribution in [0.2, 0.25) is 0 Å². The van der Waals surface area contributed by atoms with Gasteiger partial charge in [0.2, 0.25) is 0 Å². The number of fused-ring (bicyclic) bond motifs is 3. The molecule has 0 spiro atoms. The lowest BCUT2D eigenvalue weighted by Gasteiger charge is -2.48. The van der Waals surface area contributed by atoms with Crippen molar-refractivity contribution in [1.82, 2.24) is 0 Å². The van der Waals surface area contributed by atoms with E-state index in [0.717, 1.165) is 23.7 Å². The topological polar surface area (TPSA) is 29.5 Å². The van der Waals surface area contributed by atoms with Gasteiger partial charge in [0.1, 0.15) is 17.1 Å². The molecular weight excluding hydrogens is 284 g/mol. The van der Waals surface area contributed by atoms with E-state index in [-0.39, 0.29) is 5.60 Å². The van der Waals surface area contributed by atoms with Crippen molar-refractivity contribution < 1.29 is 9.84 Å². The van der Waals surface area contributed by atoms with Crippen LogP contribution < -0.4 is 4.74 Å². The highest BCUT2D eigenvalue weighted by molar-refractivity contribution is 5.52. The molecule has 1 fully saturated rings. The third-order valence-electron chi connectivity index (χ3n) is 6.00. The van der Waals surface area contributed by atoms with Gasteiger partial charge in [-0.25, -0.2) is 0 Å². The first kappa shape index (κ1) is 16.7. The van der Waals surface area contributed by atoms with Gasteiger partial charge in [0.25, 0.3) is 0 Å². The van der Waals surface area contributed by atoms with Crippen molar-refractivity contribution in [2.45, 2.75) is 84.2 Å². The third kappa shape index (κ3) is 3.22. The Kier molecular flexibility index (Phi) is 4.62. The van der Waals surface area contributed by atoms with Crippen LogP contribution in [-0.4, -0.2) is 10.7 Å². The van der Waals surface area contributed by atoms with Crippen LogP contribution in [0, 0.1) is 11.8 Å². The summed E-state index contributed by atoms with van der Waals surface area (Å²) in [5.74, 6) is 3.11. The van der Waals surface area contributed by atoms with Crippen LogP contribution in [0.4, 0.5) is 0 Å². The number of phenolic OH excluding ortho intramolecular Hbond substituents is 1. The smallest absolute Gasteiger partial charge is 0.127 e. The van der Waals surface area contributed by atoms with Gasteiger partial charge in [0, 0.05) is 11.5 Å². The van der Waals surface area contributed by atoms with Gasteiger partial charge in [-0.05, 0) is 69.1 Å². The molecule has 0 aromatic heterocycles. The molecule has 0 amide bonds. The predicted molar refractivity (Wildman–Crippen MR) is 95.3 cm³/mol. The maximum atomic E-state index is 10.7. The van der Waals surface area contributed by atoms with Crippen molar-refractivity contribution in [3.8, 4) is 11.5 Å². The van der Waals surface area contributed by atoms with Gasteiger partial charge in [-0.1, -0.05) is 33.1 Å². The third-order valence-corrected chi connectivity index (χ3v) is 6.00. The molecule has 1 saturated carbocycles. The highest BCUT2D eigenvalue weighted by atomic mass is 16.5. The lowest BCUT2D eigenvalue weighted by Crippen LogP contribution is -2.46. The number of ether oxygens (including phenoxy) is 1. The highest BCUT2D eigenvalue weighted by Crippen LogP contribution is 2.55. The molecule has 2 aliphatic rings. The molecular formula is C21H32O2. The van der Waals surface area contributed by atoms with Crippen LogP contribution in [0.25, 0.3) is 0 Å². The number of hydrogen-bond donors (Lipinski definition) is 1. The Morgan fingerprint density at radius 2 is 2.00 bits per heavy atom. The zero-order valence-corrected chi connectivity index (χ0v) is 15.2. The SMILES string of the molecule is CCCCCc1cc(O)c2c(c1)OC(C)(C)C1CC[C@@H](C)CC21. The standard InChI is InChI=1S/C21H32O2/c1-5-6-7-8-15-12-18(22)20-16-11-14(2)9-10-17(16)21(3,4)23-19(20)13-15/h12-14,16-17,22H,5-11H2,1-4H3/t14-,16?,17?/m1/s1. The van der Waals surface area contributed by atoms with Crippen molar-refractivity contribution in [3.05, 3.63) is 23.3 Å². The van der Waals surface area contributed by atoms with Gasteiger partial charge in [-0.2, -0.15) is 0 Å². The summed E-state index contributed by atoms with van der Waals surface area (Å²) in [4.78, 5) is 0. The molecule has 2 unspecified atom stereocenters. The van der Waals surface area contributed by atoms with Crippen LogP contribution in [-0.2, 0) is 6.42 Å². The number of aryl methyl sites for hydroxylation is 1. The first-order valence-electron chi connectivity index (χ1n) is 9.47. The summed E-state index contributed by atoms with van der Waals surface area (Å²) in [6, 6.07) is 4.19. The second-order valence-electron chi connectivity index (χ2n) is 8.32. The molecule has 23 heavy (non-hydrogen) atoms. The van der Waals surface area contributed by atoms with Crippen molar-refractivity contribution in [2.75, 3.05) is 0 Å². The van der Waals surface area contributed by atoms with Gasteiger partial charge < -0.3 is 9.84 Å².